The zero-order valence-corrected chi connectivity index (χ0v) is 13.3. The number of Topliss-reactive ketones (excluding diaryl/α,β-unsaturated/α-hetero) is 1. The van der Waals surface area contributed by atoms with Crippen LogP contribution in [0.25, 0.3) is 0 Å². The largest absolute Gasteiger partial charge is 0.287 e. The predicted molar refractivity (Wildman–Crippen MR) is 97.7 cm³/mol. The maximum absolute atomic E-state index is 12.9. The number of carbonyl (C=O) groups is 1. The van der Waals surface area contributed by atoms with Gasteiger partial charge in [-0.05, 0) is 17.7 Å². The van der Waals surface area contributed by atoms with E-state index in [0.717, 1.165) is 0 Å². The van der Waals surface area contributed by atoms with Crippen LogP contribution in [-0.4, -0.2) is 17.7 Å². The van der Waals surface area contributed by atoms with E-state index >= 15 is 0 Å². The Labute approximate surface area is 145 Å². The van der Waals surface area contributed by atoms with Crippen molar-refractivity contribution in [2.75, 3.05) is 0 Å². The van der Waals surface area contributed by atoms with Gasteiger partial charge in [0.1, 0.15) is 11.5 Å². The van der Waals surface area contributed by atoms with Gasteiger partial charge >= 0.3 is 0 Å². The summed E-state index contributed by atoms with van der Waals surface area (Å²) in [5, 5.41) is 8.15. The molecule has 0 atom stereocenters. The Balaban J connectivity index is 1.94. The minimum absolute atomic E-state index is 0.206. The molecule has 3 aromatic carbocycles. The third-order valence-electron chi connectivity index (χ3n) is 3.53. The Morgan fingerprint density at radius 1 is 0.760 bits per heavy atom. The fraction of sp³-hybridized carbons (Fsp3) is 0. The zero-order valence-electron chi connectivity index (χ0n) is 13.3. The predicted octanol–water partition coefficient (Wildman–Crippen LogP) is 4.53. The second-order valence-corrected chi connectivity index (χ2v) is 5.31. The summed E-state index contributed by atoms with van der Waals surface area (Å²) in [6.07, 6.45) is 1.49. The number of halogens is 1. The van der Waals surface area contributed by atoms with Crippen molar-refractivity contribution in [3.63, 3.8) is 0 Å². The number of ketones is 1. The van der Waals surface area contributed by atoms with Crippen molar-refractivity contribution in [1.29, 1.82) is 0 Å². The van der Waals surface area contributed by atoms with E-state index in [1.807, 2.05) is 36.4 Å². The van der Waals surface area contributed by atoms with E-state index in [0.29, 0.717) is 16.7 Å². The lowest BCUT2D eigenvalue weighted by molar-refractivity contribution is 0.106. The molecule has 0 aromatic heterocycles. The van der Waals surface area contributed by atoms with Crippen LogP contribution in [0.5, 0.6) is 0 Å². The molecule has 0 radical (unpaired) electrons. The van der Waals surface area contributed by atoms with Gasteiger partial charge in [-0.25, -0.2) is 4.39 Å². The van der Waals surface area contributed by atoms with Gasteiger partial charge < -0.3 is 0 Å². The Kier molecular flexibility index (Phi) is 5.22. The summed E-state index contributed by atoms with van der Waals surface area (Å²) in [6.45, 7) is 0. The van der Waals surface area contributed by atoms with Crippen molar-refractivity contribution in [2.24, 2.45) is 10.2 Å². The van der Waals surface area contributed by atoms with Crippen molar-refractivity contribution in [3.05, 3.63) is 107 Å². The molecule has 122 valence electrons. The highest BCUT2D eigenvalue weighted by atomic mass is 19.1. The molecule has 0 saturated carbocycles. The molecule has 25 heavy (non-hydrogen) atoms. The molecule has 0 aliphatic rings. The molecular formula is C21H15FN2O. The molecule has 0 N–H and O–H groups in total. The van der Waals surface area contributed by atoms with E-state index in [9.17, 15) is 9.18 Å². The van der Waals surface area contributed by atoms with Gasteiger partial charge in [-0.2, -0.15) is 5.10 Å². The summed E-state index contributed by atoms with van der Waals surface area (Å²) >= 11 is 0. The monoisotopic (exact) mass is 330 g/mol. The molecule has 3 aromatic rings. The average molecular weight is 330 g/mol. The van der Waals surface area contributed by atoms with Crippen molar-refractivity contribution >= 4 is 17.7 Å². The summed E-state index contributed by atoms with van der Waals surface area (Å²) in [5.41, 5.74) is 2.18. The van der Waals surface area contributed by atoms with Gasteiger partial charge in [-0.3, -0.25) is 4.79 Å². The van der Waals surface area contributed by atoms with Gasteiger partial charge in [-0.1, -0.05) is 72.8 Å². The lowest BCUT2D eigenvalue weighted by atomic mass is 10.0. The fourth-order valence-corrected chi connectivity index (χ4v) is 2.26. The average Bonchev–Trinajstić information content (AvgIpc) is 2.67. The van der Waals surface area contributed by atoms with Crippen LogP contribution in [0.15, 0.2) is 95.1 Å². The van der Waals surface area contributed by atoms with Crippen molar-refractivity contribution < 1.29 is 9.18 Å². The zero-order chi connectivity index (χ0) is 17.5. The quantitative estimate of drug-likeness (QED) is 0.385. The Morgan fingerprint density at radius 3 is 1.92 bits per heavy atom. The minimum Gasteiger partial charge on any atom is -0.287 e. The van der Waals surface area contributed by atoms with Gasteiger partial charge in [0.2, 0.25) is 5.78 Å². The highest BCUT2D eigenvalue weighted by Crippen LogP contribution is 2.09. The highest BCUT2D eigenvalue weighted by molar-refractivity contribution is 6.51. The molecule has 0 unspecified atom stereocenters. The SMILES string of the molecule is O=C(C(=NN=Cc1ccc(F)cc1)c1ccccc1)c1ccccc1. The first-order chi connectivity index (χ1) is 12.2. The second kappa shape index (κ2) is 7.93. The number of hydrogen-bond acceptors (Lipinski definition) is 3. The van der Waals surface area contributed by atoms with Gasteiger partial charge in [0.05, 0.1) is 6.21 Å². The van der Waals surface area contributed by atoms with Crippen LogP contribution in [0, 0.1) is 5.82 Å². The maximum atomic E-state index is 12.9. The fourth-order valence-electron chi connectivity index (χ4n) is 2.26. The van der Waals surface area contributed by atoms with Gasteiger partial charge in [0.25, 0.3) is 0 Å². The number of hydrogen-bond donors (Lipinski definition) is 0. The summed E-state index contributed by atoms with van der Waals surface area (Å²) in [5.74, 6) is -0.520. The first-order valence-electron chi connectivity index (χ1n) is 7.76. The summed E-state index contributed by atoms with van der Waals surface area (Å²) in [7, 11) is 0. The van der Waals surface area contributed by atoms with Crippen LogP contribution in [0.2, 0.25) is 0 Å². The number of carbonyl (C=O) groups excluding carboxylic acids is 1. The van der Waals surface area contributed by atoms with Gasteiger partial charge in [-0.15, -0.1) is 5.10 Å². The molecule has 0 fully saturated rings. The second-order valence-electron chi connectivity index (χ2n) is 5.31. The standard InChI is InChI=1S/C21H15FN2O/c22-19-13-11-16(12-14-19)15-23-24-20(17-7-3-1-4-8-17)21(25)18-9-5-2-6-10-18/h1-15H. The van der Waals surface area contributed by atoms with Gasteiger partial charge in [0, 0.05) is 11.1 Å². The molecular weight excluding hydrogens is 315 g/mol. The smallest absolute Gasteiger partial charge is 0.213 e. The Bertz CT molecular complexity index is 902. The van der Waals surface area contributed by atoms with Crippen molar-refractivity contribution in [1.82, 2.24) is 0 Å². The third kappa shape index (κ3) is 4.32. The lowest BCUT2D eigenvalue weighted by Gasteiger charge is -2.04. The van der Waals surface area contributed by atoms with E-state index in [-0.39, 0.29) is 17.3 Å². The lowest BCUT2D eigenvalue weighted by Crippen LogP contribution is -2.15. The van der Waals surface area contributed by atoms with E-state index < -0.39 is 0 Å². The van der Waals surface area contributed by atoms with Crippen LogP contribution in [-0.2, 0) is 0 Å². The molecule has 0 aliphatic carbocycles. The third-order valence-corrected chi connectivity index (χ3v) is 3.53. The van der Waals surface area contributed by atoms with E-state index in [1.54, 1.807) is 36.4 Å². The van der Waals surface area contributed by atoms with Crippen LogP contribution < -0.4 is 0 Å². The molecule has 0 saturated heterocycles. The molecule has 4 heteroatoms. The summed E-state index contributed by atoms with van der Waals surface area (Å²) in [6, 6.07) is 24.0. The summed E-state index contributed by atoms with van der Waals surface area (Å²) in [4.78, 5) is 12.8. The van der Waals surface area contributed by atoms with E-state index in [4.69, 9.17) is 0 Å². The Hall–Kier alpha value is -3.40. The molecule has 0 amide bonds. The van der Waals surface area contributed by atoms with Crippen molar-refractivity contribution in [2.45, 2.75) is 0 Å². The molecule has 0 bridgehead atoms. The number of rotatable bonds is 5. The highest BCUT2D eigenvalue weighted by Gasteiger charge is 2.15. The van der Waals surface area contributed by atoms with Crippen LogP contribution in [0.1, 0.15) is 21.5 Å². The van der Waals surface area contributed by atoms with Crippen molar-refractivity contribution in [3.8, 4) is 0 Å². The molecule has 3 nitrogen and oxygen atoms in total. The minimum atomic E-state index is -0.315. The van der Waals surface area contributed by atoms with Crippen LogP contribution in [0.3, 0.4) is 0 Å². The molecule has 0 aliphatic heterocycles. The first kappa shape index (κ1) is 16.5. The van der Waals surface area contributed by atoms with E-state index in [1.165, 1.54) is 18.3 Å². The number of nitrogens with zero attached hydrogens (tertiary/aromatic N) is 2. The van der Waals surface area contributed by atoms with E-state index in [2.05, 4.69) is 10.2 Å². The molecule has 0 spiro atoms. The number of benzene rings is 3. The Morgan fingerprint density at radius 2 is 1.32 bits per heavy atom. The normalized spacial score (nSPS) is 11.6. The molecule has 0 heterocycles. The molecule has 3 rings (SSSR count). The van der Waals surface area contributed by atoms with Crippen LogP contribution in [0.4, 0.5) is 4.39 Å². The van der Waals surface area contributed by atoms with Crippen LogP contribution >= 0.6 is 0 Å². The topological polar surface area (TPSA) is 41.8 Å². The summed E-state index contributed by atoms with van der Waals surface area (Å²) < 4.78 is 12.9. The first-order valence-corrected chi connectivity index (χ1v) is 7.76. The van der Waals surface area contributed by atoms with Gasteiger partial charge in [0.15, 0.2) is 0 Å². The maximum Gasteiger partial charge on any atom is 0.213 e.